The Morgan fingerprint density at radius 3 is 2.15 bits per heavy atom. The largest absolute Gasteiger partial charge is 0.296 e. The summed E-state index contributed by atoms with van der Waals surface area (Å²) in [5.41, 5.74) is 1.66. The van der Waals surface area contributed by atoms with Crippen LogP contribution in [0.4, 0.5) is 0 Å². The van der Waals surface area contributed by atoms with E-state index < -0.39 is 0 Å². The number of hydrogen-bond donors (Lipinski definition) is 0. The second kappa shape index (κ2) is 2.79. The van der Waals surface area contributed by atoms with Crippen molar-refractivity contribution in [1.29, 1.82) is 0 Å². The first-order valence-electron chi connectivity index (χ1n) is 4.55. The molecule has 0 spiro atoms. The van der Waals surface area contributed by atoms with Crippen LogP contribution in [0, 0.1) is 5.41 Å². The molecule has 1 aliphatic rings. The Hall–Kier alpha value is -0.920. The standard InChI is InChI=1S/C11H17NO/c1-10(2,3)9-6-8(7-13)12-11(9,4)5/h6-7H,1-5H3. The van der Waals surface area contributed by atoms with Gasteiger partial charge in [-0.05, 0) is 30.9 Å². The maximum Gasteiger partial charge on any atom is 0.168 e. The van der Waals surface area contributed by atoms with Gasteiger partial charge in [-0.15, -0.1) is 0 Å². The Balaban J connectivity index is 3.10. The van der Waals surface area contributed by atoms with Gasteiger partial charge in [-0.25, -0.2) is 0 Å². The predicted molar refractivity (Wildman–Crippen MR) is 55.1 cm³/mol. The molecule has 0 aromatic heterocycles. The van der Waals surface area contributed by atoms with E-state index in [4.69, 9.17) is 0 Å². The molecule has 0 unspecified atom stereocenters. The van der Waals surface area contributed by atoms with Crippen molar-refractivity contribution in [1.82, 2.24) is 0 Å². The fraction of sp³-hybridized carbons (Fsp3) is 0.636. The lowest BCUT2D eigenvalue weighted by Gasteiger charge is -2.30. The van der Waals surface area contributed by atoms with Gasteiger partial charge in [0.1, 0.15) is 0 Å². The molecule has 1 heterocycles. The van der Waals surface area contributed by atoms with Crippen molar-refractivity contribution in [2.24, 2.45) is 10.4 Å². The van der Waals surface area contributed by atoms with Gasteiger partial charge < -0.3 is 0 Å². The number of aliphatic imine (C=N–C) groups is 1. The van der Waals surface area contributed by atoms with Crippen molar-refractivity contribution >= 4 is 12.0 Å². The molecule has 0 N–H and O–H groups in total. The molecule has 1 rings (SSSR count). The van der Waals surface area contributed by atoms with Crippen LogP contribution in [0.5, 0.6) is 0 Å². The summed E-state index contributed by atoms with van der Waals surface area (Å²) in [6.45, 7) is 10.5. The van der Waals surface area contributed by atoms with Gasteiger partial charge in [-0.2, -0.15) is 0 Å². The number of allylic oxidation sites excluding steroid dienone is 1. The Labute approximate surface area is 79.8 Å². The third kappa shape index (κ3) is 1.87. The van der Waals surface area contributed by atoms with Crippen LogP contribution in [0.15, 0.2) is 16.6 Å². The predicted octanol–water partition coefficient (Wildman–Crippen LogP) is 2.39. The van der Waals surface area contributed by atoms with Gasteiger partial charge >= 0.3 is 0 Å². The second-order valence-corrected chi connectivity index (χ2v) is 5.02. The quantitative estimate of drug-likeness (QED) is 0.568. The monoisotopic (exact) mass is 179 g/mol. The lowest BCUT2D eigenvalue weighted by atomic mass is 9.77. The fourth-order valence-corrected chi connectivity index (χ4v) is 1.93. The minimum absolute atomic E-state index is 0.0811. The molecule has 0 saturated carbocycles. The number of hydrogen-bond acceptors (Lipinski definition) is 2. The summed E-state index contributed by atoms with van der Waals surface area (Å²) in [7, 11) is 0. The summed E-state index contributed by atoms with van der Waals surface area (Å²) in [6.07, 6.45) is 2.73. The van der Waals surface area contributed by atoms with Crippen molar-refractivity contribution < 1.29 is 4.79 Å². The number of carbonyl (C=O) groups is 1. The summed E-state index contributed by atoms with van der Waals surface area (Å²) in [6, 6.07) is 0. The third-order valence-electron chi connectivity index (χ3n) is 2.29. The SMILES string of the molecule is CC(C)(C)C1=CC(C=O)=NC1(C)C. The molecule has 0 atom stereocenters. The van der Waals surface area contributed by atoms with Gasteiger partial charge in [0.05, 0.1) is 11.3 Å². The zero-order valence-corrected chi connectivity index (χ0v) is 9.01. The van der Waals surface area contributed by atoms with Crippen LogP contribution < -0.4 is 0 Å². The normalized spacial score (nSPS) is 21.0. The topological polar surface area (TPSA) is 29.4 Å². The maximum absolute atomic E-state index is 10.6. The zero-order valence-electron chi connectivity index (χ0n) is 9.01. The molecule has 0 aromatic rings. The van der Waals surface area contributed by atoms with Gasteiger partial charge in [-0.1, -0.05) is 20.8 Å². The Morgan fingerprint density at radius 1 is 1.38 bits per heavy atom. The smallest absolute Gasteiger partial charge is 0.168 e. The van der Waals surface area contributed by atoms with Crippen LogP contribution in [-0.4, -0.2) is 17.5 Å². The molecule has 1 aliphatic heterocycles. The highest BCUT2D eigenvalue weighted by Gasteiger charge is 2.35. The lowest BCUT2D eigenvalue weighted by molar-refractivity contribution is -0.102. The van der Waals surface area contributed by atoms with Gasteiger partial charge in [0, 0.05) is 0 Å². The van der Waals surface area contributed by atoms with E-state index in [1.807, 2.05) is 19.9 Å². The van der Waals surface area contributed by atoms with Gasteiger partial charge in [0.25, 0.3) is 0 Å². The van der Waals surface area contributed by atoms with Gasteiger partial charge in [0.2, 0.25) is 0 Å². The van der Waals surface area contributed by atoms with Crippen molar-refractivity contribution in [2.75, 3.05) is 0 Å². The van der Waals surface area contributed by atoms with Crippen LogP contribution in [0.1, 0.15) is 34.6 Å². The molecule has 0 saturated heterocycles. The van der Waals surface area contributed by atoms with E-state index in [1.54, 1.807) is 0 Å². The van der Waals surface area contributed by atoms with Crippen molar-refractivity contribution in [3.05, 3.63) is 11.6 Å². The highest BCUT2D eigenvalue weighted by atomic mass is 16.1. The molecule has 0 fully saturated rings. The van der Waals surface area contributed by atoms with Crippen LogP contribution in [0.2, 0.25) is 0 Å². The molecular weight excluding hydrogens is 162 g/mol. The fourth-order valence-electron chi connectivity index (χ4n) is 1.93. The van der Waals surface area contributed by atoms with Crippen molar-refractivity contribution in [3.63, 3.8) is 0 Å². The highest BCUT2D eigenvalue weighted by Crippen LogP contribution is 2.39. The number of carbonyl (C=O) groups excluding carboxylic acids is 1. The molecule has 13 heavy (non-hydrogen) atoms. The van der Waals surface area contributed by atoms with E-state index in [-0.39, 0.29) is 11.0 Å². The maximum atomic E-state index is 10.6. The van der Waals surface area contributed by atoms with E-state index in [9.17, 15) is 4.79 Å². The molecular formula is C11H17NO. The average Bonchev–Trinajstić information content (AvgIpc) is 2.24. The zero-order chi connectivity index (χ0) is 10.3. The summed E-state index contributed by atoms with van der Waals surface area (Å²) in [4.78, 5) is 14.9. The molecule has 2 nitrogen and oxygen atoms in total. The Kier molecular flexibility index (Phi) is 2.18. The van der Waals surface area contributed by atoms with E-state index in [0.29, 0.717) is 5.71 Å². The number of rotatable bonds is 1. The first-order chi connectivity index (χ1) is 5.77. The summed E-state index contributed by atoms with van der Waals surface area (Å²) >= 11 is 0. The van der Waals surface area contributed by atoms with Crippen LogP contribution >= 0.6 is 0 Å². The first-order valence-corrected chi connectivity index (χ1v) is 4.55. The summed E-state index contributed by atoms with van der Waals surface area (Å²) in [5.74, 6) is 0. The molecule has 0 bridgehead atoms. The second-order valence-electron chi connectivity index (χ2n) is 5.02. The third-order valence-corrected chi connectivity index (χ3v) is 2.29. The van der Waals surface area contributed by atoms with E-state index >= 15 is 0 Å². The number of aldehydes is 1. The lowest BCUT2D eigenvalue weighted by Crippen LogP contribution is -2.26. The van der Waals surface area contributed by atoms with Crippen molar-refractivity contribution in [3.8, 4) is 0 Å². The van der Waals surface area contributed by atoms with Gasteiger partial charge in [0.15, 0.2) is 6.29 Å². The Bertz CT molecular complexity index is 290. The number of nitrogens with zero attached hydrogens (tertiary/aromatic N) is 1. The minimum Gasteiger partial charge on any atom is -0.296 e. The molecule has 0 aromatic carbocycles. The van der Waals surface area contributed by atoms with E-state index in [1.165, 1.54) is 5.57 Å². The molecule has 0 aliphatic carbocycles. The molecule has 0 radical (unpaired) electrons. The minimum atomic E-state index is -0.214. The van der Waals surface area contributed by atoms with Crippen molar-refractivity contribution in [2.45, 2.75) is 40.2 Å². The molecule has 2 heteroatoms. The van der Waals surface area contributed by atoms with Crippen LogP contribution in [-0.2, 0) is 4.79 Å². The summed E-state index contributed by atoms with van der Waals surface area (Å²) in [5, 5.41) is 0. The van der Waals surface area contributed by atoms with Crippen LogP contribution in [0.25, 0.3) is 0 Å². The first kappa shape index (κ1) is 10.2. The summed E-state index contributed by atoms with van der Waals surface area (Å²) < 4.78 is 0. The van der Waals surface area contributed by atoms with Crippen LogP contribution in [0.3, 0.4) is 0 Å². The Morgan fingerprint density at radius 2 is 1.92 bits per heavy atom. The van der Waals surface area contributed by atoms with Gasteiger partial charge in [-0.3, -0.25) is 9.79 Å². The van der Waals surface area contributed by atoms with E-state index in [2.05, 4.69) is 25.8 Å². The highest BCUT2D eigenvalue weighted by molar-refractivity contribution is 6.35. The van der Waals surface area contributed by atoms with E-state index in [0.717, 1.165) is 6.29 Å². The molecule has 72 valence electrons. The average molecular weight is 179 g/mol. The molecule has 0 amide bonds.